The Morgan fingerprint density at radius 1 is 1.08 bits per heavy atom. The first-order chi connectivity index (χ1) is 12.1. The third-order valence-corrected chi connectivity index (χ3v) is 5.81. The van der Waals surface area contributed by atoms with Gasteiger partial charge in [-0.2, -0.15) is 11.8 Å². The predicted octanol–water partition coefficient (Wildman–Crippen LogP) is 3.20. The fourth-order valence-corrected chi connectivity index (χ4v) is 4.38. The van der Waals surface area contributed by atoms with Crippen LogP contribution in [0.4, 0.5) is 5.69 Å². The van der Waals surface area contributed by atoms with Crippen LogP contribution in [0.1, 0.15) is 5.56 Å². The Kier molecular flexibility index (Phi) is 5.66. The van der Waals surface area contributed by atoms with Crippen molar-refractivity contribution in [2.75, 3.05) is 36.5 Å². The van der Waals surface area contributed by atoms with E-state index in [4.69, 9.17) is 0 Å². The molecule has 0 saturated carbocycles. The first-order valence-electron chi connectivity index (χ1n) is 8.53. The molecule has 4 nitrogen and oxygen atoms in total. The summed E-state index contributed by atoms with van der Waals surface area (Å²) in [7, 11) is 1.90. The minimum Gasteiger partial charge on any atom is -0.478 e. The van der Waals surface area contributed by atoms with Crippen LogP contribution in [-0.2, 0) is 11.2 Å². The molecule has 0 aromatic heterocycles. The van der Waals surface area contributed by atoms with Crippen LogP contribution in [0.5, 0.6) is 0 Å². The number of benzene rings is 2. The van der Waals surface area contributed by atoms with E-state index < -0.39 is 11.6 Å². The van der Waals surface area contributed by atoms with Crippen molar-refractivity contribution >= 4 is 23.4 Å². The summed E-state index contributed by atoms with van der Waals surface area (Å²) >= 11 is 1.89. The average molecular weight is 356 g/mol. The molecule has 3 rings (SSSR count). The first kappa shape index (κ1) is 17.8. The molecule has 0 bridgehead atoms. The van der Waals surface area contributed by atoms with Crippen molar-refractivity contribution in [2.24, 2.45) is 0 Å². The van der Waals surface area contributed by atoms with Crippen LogP contribution in [0.3, 0.4) is 0 Å². The van der Waals surface area contributed by atoms with Gasteiger partial charge in [0.25, 0.3) is 0 Å². The summed E-state index contributed by atoms with van der Waals surface area (Å²) in [6, 6.07) is 19.7. The van der Waals surface area contributed by atoms with Crippen molar-refractivity contribution in [2.45, 2.75) is 12.1 Å². The number of carboxylic acids is 1. The van der Waals surface area contributed by atoms with Gasteiger partial charge in [0, 0.05) is 43.8 Å². The zero-order valence-electron chi connectivity index (χ0n) is 14.5. The monoisotopic (exact) mass is 356 g/mol. The lowest BCUT2D eigenvalue weighted by molar-refractivity contribution is -0.151. The molecule has 1 atom stereocenters. The van der Waals surface area contributed by atoms with Crippen LogP contribution >= 0.6 is 11.8 Å². The summed E-state index contributed by atoms with van der Waals surface area (Å²) in [5, 5.41) is 10.4. The molecule has 1 fully saturated rings. The van der Waals surface area contributed by atoms with E-state index in [1.807, 2.05) is 84.4 Å². The summed E-state index contributed by atoms with van der Waals surface area (Å²) in [6.45, 7) is 1.56. The topological polar surface area (TPSA) is 43.8 Å². The molecular weight excluding hydrogens is 332 g/mol. The van der Waals surface area contributed by atoms with Gasteiger partial charge in [0.1, 0.15) is 0 Å². The fraction of sp³-hybridized carbons (Fsp3) is 0.350. The Morgan fingerprint density at radius 2 is 1.64 bits per heavy atom. The molecule has 0 unspecified atom stereocenters. The molecule has 2 aromatic rings. The quantitative estimate of drug-likeness (QED) is 0.861. The Balaban J connectivity index is 2.05. The van der Waals surface area contributed by atoms with E-state index in [0.29, 0.717) is 6.42 Å². The minimum absolute atomic E-state index is 0.444. The molecular formula is C20H24N2O2S. The van der Waals surface area contributed by atoms with Crippen LogP contribution < -0.4 is 4.90 Å². The summed E-state index contributed by atoms with van der Waals surface area (Å²) < 4.78 is 0. The molecule has 1 saturated heterocycles. The Hall–Kier alpha value is -1.98. The number of para-hydroxylation sites is 1. The first-order valence-corrected chi connectivity index (χ1v) is 9.69. The Bertz CT molecular complexity index is 689. The maximum absolute atomic E-state index is 12.6. The number of thioether (sulfide) groups is 1. The summed E-state index contributed by atoms with van der Waals surface area (Å²) in [4.78, 5) is 16.7. The second kappa shape index (κ2) is 7.93. The number of hydrogen-bond donors (Lipinski definition) is 1. The number of likely N-dealkylation sites (N-methyl/N-ethyl adjacent to an activating group) is 1. The van der Waals surface area contributed by atoms with E-state index in [0.717, 1.165) is 35.8 Å². The molecule has 0 aliphatic carbocycles. The smallest absolute Gasteiger partial charge is 0.345 e. The highest BCUT2D eigenvalue weighted by Crippen LogP contribution is 2.32. The van der Waals surface area contributed by atoms with E-state index in [-0.39, 0.29) is 0 Å². The summed E-state index contributed by atoms with van der Waals surface area (Å²) in [5.41, 5.74) is 0.855. The van der Waals surface area contributed by atoms with Crippen molar-refractivity contribution in [3.63, 3.8) is 0 Å². The molecule has 132 valence electrons. The highest BCUT2D eigenvalue weighted by molar-refractivity contribution is 7.99. The van der Waals surface area contributed by atoms with Crippen molar-refractivity contribution in [3.05, 3.63) is 66.2 Å². The standard InChI is InChI=1S/C20H24N2O2S/c1-21(18-10-6-3-7-11-18)20(19(23)24,22-12-14-25-15-13-22)16-17-8-4-2-5-9-17/h2-11H,12-16H2,1H3,(H,23,24)/t20-/m1/s1. The highest BCUT2D eigenvalue weighted by Gasteiger charge is 2.48. The van der Waals surface area contributed by atoms with E-state index >= 15 is 0 Å². The van der Waals surface area contributed by atoms with Crippen LogP contribution in [0.25, 0.3) is 0 Å². The van der Waals surface area contributed by atoms with Gasteiger partial charge in [-0.05, 0) is 17.7 Å². The Morgan fingerprint density at radius 3 is 2.20 bits per heavy atom. The molecule has 2 aromatic carbocycles. The number of nitrogens with zero attached hydrogens (tertiary/aromatic N) is 2. The molecule has 1 heterocycles. The van der Waals surface area contributed by atoms with Gasteiger partial charge in [-0.15, -0.1) is 0 Å². The second-order valence-electron chi connectivity index (χ2n) is 6.28. The van der Waals surface area contributed by atoms with Crippen LogP contribution in [-0.4, -0.2) is 53.3 Å². The van der Waals surface area contributed by atoms with E-state index in [1.54, 1.807) is 0 Å². The third kappa shape index (κ3) is 3.67. The molecule has 0 amide bonds. The lowest BCUT2D eigenvalue weighted by Gasteiger charge is -2.48. The number of aliphatic carboxylic acids is 1. The van der Waals surface area contributed by atoms with Crippen molar-refractivity contribution < 1.29 is 9.90 Å². The lowest BCUT2D eigenvalue weighted by atomic mass is 9.95. The maximum atomic E-state index is 12.6. The van der Waals surface area contributed by atoms with Gasteiger partial charge in [-0.1, -0.05) is 48.5 Å². The average Bonchev–Trinajstić information content (AvgIpc) is 2.67. The number of hydrogen-bond acceptors (Lipinski definition) is 4. The highest BCUT2D eigenvalue weighted by atomic mass is 32.2. The van der Waals surface area contributed by atoms with E-state index in [9.17, 15) is 9.90 Å². The van der Waals surface area contributed by atoms with Gasteiger partial charge >= 0.3 is 5.97 Å². The summed E-state index contributed by atoms with van der Waals surface area (Å²) in [5.74, 6) is 1.13. The SMILES string of the molecule is CN(c1ccccc1)[C@@](Cc1ccccc1)(C(=O)O)N1CCSCC1. The predicted molar refractivity (Wildman–Crippen MR) is 104 cm³/mol. The van der Waals surface area contributed by atoms with Gasteiger partial charge in [0.15, 0.2) is 5.66 Å². The Labute approximate surface area is 153 Å². The van der Waals surface area contributed by atoms with Crippen LogP contribution in [0.2, 0.25) is 0 Å². The van der Waals surface area contributed by atoms with Gasteiger partial charge in [0.05, 0.1) is 0 Å². The van der Waals surface area contributed by atoms with Crippen LogP contribution in [0.15, 0.2) is 60.7 Å². The van der Waals surface area contributed by atoms with E-state index in [1.165, 1.54) is 0 Å². The maximum Gasteiger partial charge on any atom is 0.345 e. The fourth-order valence-electron chi connectivity index (χ4n) is 3.48. The second-order valence-corrected chi connectivity index (χ2v) is 7.50. The van der Waals surface area contributed by atoms with Crippen molar-refractivity contribution in [1.29, 1.82) is 0 Å². The molecule has 0 radical (unpaired) electrons. The van der Waals surface area contributed by atoms with Gasteiger partial charge < -0.3 is 10.0 Å². The summed E-state index contributed by atoms with van der Waals surface area (Å²) in [6.07, 6.45) is 0.444. The van der Waals surface area contributed by atoms with E-state index in [2.05, 4.69) is 4.90 Å². The molecule has 1 aliphatic heterocycles. The van der Waals surface area contributed by atoms with Gasteiger partial charge in [-0.3, -0.25) is 4.90 Å². The van der Waals surface area contributed by atoms with Gasteiger partial charge in [-0.25, -0.2) is 4.79 Å². The van der Waals surface area contributed by atoms with Gasteiger partial charge in [0.2, 0.25) is 0 Å². The number of anilines is 1. The number of rotatable bonds is 6. The minimum atomic E-state index is -1.09. The van der Waals surface area contributed by atoms with Crippen molar-refractivity contribution in [3.8, 4) is 0 Å². The molecule has 1 N–H and O–H groups in total. The van der Waals surface area contributed by atoms with Crippen molar-refractivity contribution in [1.82, 2.24) is 4.90 Å². The zero-order valence-corrected chi connectivity index (χ0v) is 15.3. The molecule has 5 heteroatoms. The molecule has 1 aliphatic rings. The number of carbonyl (C=O) groups is 1. The number of carboxylic acid groups (broad SMARTS) is 1. The molecule has 0 spiro atoms. The largest absolute Gasteiger partial charge is 0.478 e. The normalized spacial score (nSPS) is 17.6. The third-order valence-electron chi connectivity index (χ3n) is 4.87. The molecule has 25 heavy (non-hydrogen) atoms. The van der Waals surface area contributed by atoms with Crippen LogP contribution in [0, 0.1) is 0 Å². The lowest BCUT2D eigenvalue weighted by Crippen LogP contribution is -2.67. The zero-order chi connectivity index (χ0) is 17.7.